The maximum absolute atomic E-state index is 11.8. The van der Waals surface area contributed by atoms with E-state index in [1.54, 1.807) is 13.1 Å². The van der Waals surface area contributed by atoms with Crippen LogP contribution in [0, 0.1) is 0 Å². The second-order valence-electron chi connectivity index (χ2n) is 5.32. The number of halogens is 2. The molecule has 0 aliphatic heterocycles. The number of benzene rings is 1. The fourth-order valence-corrected chi connectivity index (χ4v) is 2.00. The molecule has 1 aromatic carbocycles. The van der Waals surface area contributed by atoms with E-state index < -0.39 is 0 Å². The van der Waals surface area contributed by atoms with Crippen molar-refractivity contribution in [2.75, 3.05) is 26.7 Å². The van der Waals surface area contributed by atoms with E-state index in [1.165, 1.54) is 4.90 Å². The van der Waals surface area contributed by atoms with Gasteiger partial charge >= 0.3 is 6.03 Å². The highest BCUT2D eigenvalue weighted by molar-refractivity contribution is 6.42. The Labute approximate surface area is 129 Å². The minimum atomic E-state index is -0.274. The van der Waals surface area contributed by atoms with E-state index in [9.17, 15) is 4.79 Å². The third-order valence-electron chi connectivity index (χ3n) is 3.16. The van der Waals surface area contributed by atoms with Crippen LogP contribution in [0.5, 0.6) is 0 Å². The van der Waals surface area contributed by atoms with E-state index in [1.807, 2.05) is 26.0 Å². The van der Waals surface area contributed by atoms with Gasteiger partial charge in [-0.2, -0.15) is 0 Å². The first-order valence-corrected chi connectivity index (χ1v) is 7.09. The summed E-state index contributed by atoms with van der Waals surface area (Å²) in [6.45, 7) is 4.73. The van der Waals surface area contributed by atoms with Crippen LogP contribution in [0.1, 0.15) is 19.4 Å². The van der Waals surface area contributed by atoms with Crippen LogP contribution in [-0.4, -0.2) is 42.8 Å². The summed E-state index contributed by atoms with van der Waals surface area (Å²) in [5, 5.41) is 12.7. The first-order chi connectivity index (χ1) is 9.27. The molecule has 0 aromatic heterocycles. The zero-order chi connectivity index (χ0) is 15.3. The molecule has 1 rings (SSSR count). The van der Waals surface area contributed by atoms with E-state index in [0.29, 0.717) is 23.1 Å². The Hall–Kier alpha value is -0.970. The molecule has 0 aliphatic rings. The zero-order valence-corrected chi connectivity index (χ0v) is 13.4. The molecule has 112 valence electrons. The molecular formula is C14H20Cl2N2O2. The molecule has 0 bridgehead atoms. The number of nitrogens with zero attached hydrogens (tertiary/aromatic N) is 1. The molecule has 0 saturated carbocycles. The van der Waals surface area contributed by atoms with Gasteiger partial charge in [0.25, 0.3) is 0 Å². The minimum absolute atomic E-state index is 0.0555. The summed E-state index contributed by atoms with van der Waals surface area (Å²) in [7, 11) is 1.64. The summed E-state index contributed by atoms with van der Waals surface area (Å²) in [5.74, 6) is 0. The Morgan fingerprint density at radius 2 is 2.00 bits per heavy atom. The molecular weight excluding hydrogens is 299 g/mol. The molecule has 2 amide bonds. The van der Waals surface area contributed by atoms with Gasteiger partial charge in [0.15, 0.2) is 0 Å². The monoisotopic (exact) mass is 318 g/mol. The Kier molecular flexibility index (Phi) is 6.11. The van der Waals surface area contributed by atoms with Crippen LogP contribution in [0.15, 0.2) is 18.2 Å². The van der Waals surface area contributed by atoms with Crippen molar-refractivity contribution in [2.45, 2.75) is 19.3 Å². The number of carbonyl (C=O) groups is 1. The number of hydrogen-bond donors (Lipinski definition) is 2. The first-order valence-electron chi connectivity index (χ1n) is 6.33. The Balaban J connectivity index is 2.69. The van der Waals surface area contributed by atoms with Gasteiger partial charge in [-0.25, -0.2) is 4.79 Å². The van der Waals surface area contributed by atoms with Crippen LogP contribution >= 0.6 is 23.2 Å². The normalized spacial score (nSPS) is 11.3. The summed E-state index contributed by atoms with van der Waals surface area (Å²) in [4.78, 5) is 13.2. The predicted octanol–water partition coefficient (Wildman–Crippen LogP) is 2.90. The summed E-state index contributed by atoms with van der Waals surface area (Å²) >= 11 is 11.9. The maximum Gasteiger partial charge on any atom is 0.317 e. The zero-order valence-electron chi connectivity index (χ0n) is 11.9. The molecule has 4 nitrogen and oxygen atoms in total. The molecule has 0 fully saturated rings. The van der Waals surface area contributed by atoms with Gasteiger partial charge in [0.1, 0.15) is 0 Å². The molecule has 0 saturated heterocycles. The Morgan fingerprint density at radius 3 is 2.55 bits per heavy atom. The second kappa shape index (κ2) is 7.16. The smallest absolute Gasteiger partial charge is 0.317 e. The number of hydrogen-bond acceptors (Lipinski definition) is 2. The largest absolute Gasteiger partial charge is 0.395 e. The van der Waals surface area contributed by atoms with Crippen LogP contribution in [0.25, 0.3) is 0 Å². The average Bonchev–Trinajstić information content (AvgIpc) is 2.39. The number of amides is 2. The molecule has 0 unspecified atom stereocenters. The molecule has 0 atom stereocenters. The standard InChI is InChI=1S/C14H20Cl2N2O2/c1-14(2,9-17-13(20)18(3)6-7-19)10-4-5-11(15)12(16)8-10/h4-5,8,19H,6-7,9H2,1-3H3,(H,17,20). The number of aliphatic hydroxyl groups is 1. The number of nitrogens with one attached hydrogen (secondary N) is 1. The van der Waals surface area contributed by atoms with E-state index in [-0.39, 0.29) is 18.1 Å². The quantitative estimate of drug-likeness (QED) is 0.877. The van der Waals surface area contributed by atoms with Crippen molar-refractivity contribution in [3.8, 4) is 0 Å². The van der Waals surface area contributed by atoms with Crippen LogP contribution in [0.3, 0.4) is 0 Å². The molecule has 0 spiro atoms. The second-order valence-corrected chi connectivity index (χ2v) is 6.13. The van der Waals surface area contributed by atoms with Crippen molar-refractivity contribution in [1.29, 1.82) is 0 Å². The molecule has 20 heavy (non-hydrogen) atoms. The number of likely N-dealkylation sites (N-methyl/N-ethyl adjacent to an activating group) is 1. The van der Waals surface area contributed by atoms with E-state index in [2.05, 4.69) is 5.32 Å². The van der Waals surface area contributed by atoms with Gasteiger partial charge < -0.3 is 15.3 Å². The summed E-state index contributed by atoms with van der Waals surface area (Å²) in [5.41, 5.74) is 0.723. The van der Waals surface area contributed by atoms with E-state index >= 15 is 0 Å². The highest BCUT2D eigenvalue weighted by atomic mass is 35.5. The number of urea groups is 1. The van der Waals surface area contributed by atoms with Gasteiger partial charge in [-0.1, -0.05) is 43.1 Å². The van der Waals surface area contributed by atoms with Gasteiger partial charge in [-0.3, -0.25) is 0 Å². The van der Waals surface area contributed by atoms with Crippen molar-refractivity contribution < 1.29 is 9.90 Å². The lowest BCUT2D eigenvalue weighted by molar-refractivity contribution is 0.188. The van der Waals surface area contributed by atoms with Crippen molar-refractivity contribution in [3.05, 3.63) is 33.8 Å². The topological polar surface area (TPSA) is 52.6 Å². The fraction of sp³-hybridized carbons (Fsp3) is 0.500. The highest BCUT2D eigenvalue weighted by Gasteiger charge is 2.23. The third kappa shape index (κ3) is 4.54. The number of rotatable bonds is 5. The highest BCUT2D eigenvalue weighted by Crippen LogP contribution is 2.29. The van der Waals surface area contributed by atoms with Crippen LogP contribution < -0.4 is 5.32 Å². The van der Waals surface area contributed by atoms with Crippen LogP contribution in [0.2, 0.25) is 10.0 Å². The molecule has 0 aliphatic carbocycles. The van der Waals surface area contributed by atoms with Crippen molar-refractivity contribution in [3.63, 3.8) is 0 Å². The van der Waals surface area contributed by atoms with E-state index in [0.717, 1.165) is 5.56 Å². The molecule has 2 N–H and O–H groups in total. The lowest BCUT2D eigenvalue weighted by atomic mass is 9.84. The van der Waals surface area contributed by atoms with Crippen LogP contribution in [0.4, 0.5) is 4.79 Å². The SMILES string of the molecule is CN(CCO)C(=O)NCC(C)(C)c1ccc(Cl)c(Cl)c1. The van der Waals surface area contributed by atoms with Crippen molar-refractivity contribution in [2.24, 2.45) is 0 Å². The average molecular weight is 319 g/mol. The molecule has 0 heterocycles. The molecule has 6 heteroatoms. The summed E-state index contributed by atoms with van der Waals surface area (Å²) in [6.07, 6.45) is 0. The van der Waals surface area contributed by atoms with Gasteiger partial charge in [0.2, 0.25) is 0 Å². The Morgan fingerprint density at radius 1 is 1.35 bits per heavy atom. The minimum Gasteiger partial charge on any atom is -0.395 e. The first kappa shape index (κ1) is 17.1. The van der Waals surface area contributed by atoms with Gasteiger partial charge in [-0.05, 0) is 17.7 Å². The van der Waals surface area contributed by atoms with E-state index in [4.69, 9.17) is 28.3 Å². The third-order valence-corrected chi connectivity index (χ3v) is 3.90. The fourth-order valence-electron chi connectivity index (χ4n) is 1.70. The van der Waals surface area contributed by atoms with Crippen LogP contribution in [-0.2, 0) is 5.41 Å². The lowest BCUT2D eigenvalue weighted by Gasteiger charge is -2.27. The molecule has 1 aromatic rings. The summed E-state index contributed by atoms with van der Waals surface area (Å²) in [6, 6.07) is 5.25. The van der Waals surface area contributed by atoms with Crippen molar-refractivity contribution in [1.82, 2.24) is 10.2 Å². The van der Waals surface area contributed by atoms with Gasteiger partial charge in [0, 0.05) is 25.6 Å². The predicted molar refractivity (Wildman–Crippen MR) is 82.6 cm³/mol. The van der Waals surface area contributed by atoms with Gasteiger partial charge in [0.05, 0.1) is 16.7 Å². The number of carbonyl (C=O) groups excluding carboxylic acids is 1. The summed E-state index contributed by atoms with van der Waals surface area (Å²) < 4.78 is 0. The Bertz CT molecular complexity index is 478. The maximum atomic E-state index is 11.8. The molecule has 0 radical (unpaired) electrons. The van der Waals surface area contributed by atoms with Crippen molar-refractivity contribution >= 4 is 29.2 Å². The number of aliphatic hydroxyl groups excluding tert-OH is 1. The lowest BCUT2D eigenvalue weighted by Crippen LogP contribution is -2.44. The van der Waals surface area contributed by atoms with Gasteiger partial charge in [-0.15, -0.1) is 0 Å².